The summed E-state index contributed by atoms with van der Waals surface area (Å²) >= 11 is 0. The van der Waals surface area contributed by atoms with E-state index in [4.69, 9.17) is 4.74 Å². The fourth-order valence-electron chi connectivity index (χ4n) is 3.45. The van der Waals surface area contributed by atoms with Crippen LogP contribution in [0.4, 0.5) is 5.69 Å². The van der Waals surface area contributed by atoms with Crippen molar-refractivity contribution in [2.75, 3.05) is 31.6 Å². The average molecular weight is 288 g/mol. The van der Waals surface area contributed by atoms with Crippen molar-refractivity contribution in [3.63, 3.8) is 0 Å². The summed E-state index contributed by atoms with van der Waals surface area (Å²) in [6.45, 7) is 4.75. The number of ether oxygens (including phenoxy) is 1. The molecule has 1 atom stereocenters. The number of rotatable bonds is 3. The molecule has 0 bridgehead atoms. The van der Waals surface area contributed by atoms with E-state index in [-0.39, 0.29) is 11.9 Å². The standard InChI is InChI=1S/C17H24N2O2/c1-13(18-10-8-15(21-2)9-11-18)17(20)19-12-7-14-5-3-4-6-16(14)19/h3-6,13,15H,7-12H2,1-2H3. The largest absolute Gasteiger partial charge is 0.381 e. The maximum atomic E-state index is 12.8. The van der Waals surface area contributed by atoms with E-state index in [1.165, 1.54) is 5.56 Å². The summed E-state index contributed by atoms with van der Waals surface area (Å²) < 4.78 is 5.40. The van der Waals surface area contributed by atoms with Gasteiger partial charge in [-0.2, -0.15) is 0 Å². The minimum absolute atomic E-state index is 0.0473. The molecule has 0 radical (unpaired) electrons. The molecule has 2 aliphatic heterocycles. The molecule has 1 saturated heterocycles. The number of hydrogen-bond donors (Lipinski definition) is 0. The maximum Gasteiger partial charge on any atom is 0.244 e. The molecule has 21 heavy (non-hydrogen) atoms. The Labute approximate surface area is 126 Å². The van der Waals surface area contributed by atoms with Crippen LogP contribution in [0.5, 0.6) is 0 Å². The van der Waals surface area contributed by atoms with Crippen molar-refractivity contribution in [2.24, 2.45) is 0 Å². The van der Waals surface area contributed by atoms with Crippen molar-refractivity contribution < 1.29 is 9.53 Å². The molecule has 0 spiro atoms. The topological polar surface area (TPSA) is 32.8 Å². The molecule has 1 aromatic rings. The van der Waals surface area contributed by atoms with Gasteiger partial charge >= 0.3 is 0 Å². The molecule has 0 aromatic heterocycles. The van der Waals surface area contributed by atoms with E-state index in [1.807, 2.05) is 24.0 Å². The Bertz CT molecular complexity index is 509. The normalized spacial score (nSPS) is 21.3. The van der Waals surface area contributed by atoms with E-state index in [1.54, 1.807) is 7.11 Å². The maximum absolute atomic E-state index is 12.8. The second-order valence-corrected chi connectivity index (χ2v) is 6.02. The van der Waals surface area contributed by atoms with E-state index < -0.39 is 0 Å². The lowest BCUT2D eigenvalue weighted by atomic mass is 10.1. The first-order valence-corrected chi connectivity index (χ1v) is 7.87. The molecule has 0 N–H and O–H groups in total. The van der Waals surface area contributed by atoms with Gasteiger partial charge in [0.05, 0.1) is 12.1 Å². The van der Waals surface area contributed by atoms with Crippen molar-refractivity contribution in [2.45, 2.75) is 38.3 Å². The van der Waals surface area contributed by atoms with Crippen LogP contribution in [0.15, 0.2) is 24.3 Å². The fraction of sp³-hybridized carbons (Fsp3) is 0.588. The first-order valence-electron chi connectivity index (χ1n) is 7.87. The van der Waals surface area contributed by atoms with Gasteiger partial charge in [0, 0.05) is 32.4 Å². The number of nitrogens with zero attached hydrogens (tertiary/aromatic N) is 2. The molecular formula is C17H24N2O2. The van der Waals surface area contributed by atoms with E-state index in [0.29, 0.717) is 6.10 Å². The lowest BCUT2D eigenvalue weighted by molar-refractivity contribution is -0.124. The van der Waals surface area contributed by atoms with Gasteiger partial charge in [-0.1, -0.05) is 18.2 Å². The molecule has 1 amide bonds. The molecule has 1 aromatic carbocycles. The molecule has 4 nitrogen and oxygen atoms in total. The summed E-state index contributed by atoms with van der Waals surface area (Å²) in [5, 5.41) is 0. The van der Waals surface area contributed by atoms with Gasteiger partial charge in [0.15, 0.2) is 0 Å². The van der Waals surface area contributed by atoms with Crippen LogP contribution in [-0.2, 0) is 16.0 Å². The quantitative estimate of drug-likeness (QED) is 0.853. The van der Waals surface area contributed by atoms with E-state index in [9.17, 15) is 4.79 Å². The smallest absolute Gasteiger partial charge is 0.244 e. The highest BCUT2D eigenvalue weighted by molar-refractivity contribution is 5.98. The Hall–Kier alpha value is -1.39. The van der Waals surface area contributed by atoms with Gasteiger partial charge in [0.1, 0.15) is 0 Å². The Morgan fingerprint density at radius 1 is 1.24 bits per heavy atom. The van der Waals surface area contributed by atoms with Crippen molar-refractivity contribution in [3.8, 4) is 0 Å². The van der Waals surface area contributed by atoms with E-state index >= 15 is 0 Å². The number of likely N-dealkylation sites (tertiary alicyclic amines) is 1. The van der Waals surface area contributed by atoms with Gasteiger partial charge in [-0.25, -0.2) is 0 Å². The Morgan fingerprint density at radius 2 is 1.95 bits per heavy atom. The molecule has 1 fully saturated rings. The number of hydrogen-bond acceptors (Lipinski definition) is 3. The van der Waals surface area contributed by atoms with Crippen LogP contribution < -0.4 is 4.90 Å². The molecule has 2 heterocycles. The highest BCUT2D eigenvalue weighted by atomic mass is 16.5. The zero-order valence-corrected chi connectivity index (χ0v) is 12.9. The Morgan fingerprint density at radius 3 is 2.67 bits per heavy atom. The van der Waals surface area contributed by atoms with Crippen molar-refractivity contribution in [3.05, 3.63) is 29.8 Å². The van der Waals surface area contributed by atoms with Gasteiger partial charge in [0.25, 0.3) is 0 Å². The van der Waals surface area contributed by atoms with Crippen molar-refractivity contribution in [1.82, 2.24) is 4.90 Å². The molecule has 2 aliphatic rings. The Kier molecular flexibility index (Phi) is 4.27. The van der Waals surface area contributed by atoms with E-state index in [2.05, 4.69) is 17.0 Å². The van der Waals surface area contributed by atoms with Gasteiger partial charge in [-0.3, -0.25) is 9.69 Å². The number of carbonyl (C=O) groups excluding carboxylic acids is 1. The minimum atomic E-state index is -0.0473. The Balaban J connectivity index is 1.66. The third kappa shape index (κ3) is 2.83. The van der Waals surface area contributed by atoms with Gasteiger partial charge in [-0.15, -0.1) is 0 Å². The number of carbonyl (C=O) groups is 1. The first kappa shape index (κ1) is 14.5. The summed E-state index contributed by atoms with van der Waals surface area (Å²) in [7, 11) is 1.77. The number of benzene rings is 1. The number of fused-ring (bicyclic) bond motifs is 1. The average Bonchev–Trinajstić information content (AvgIpc) is 2.97. The second-order valence-electron chi connectivity index (χ2n) is 6.02. The highest BCUT2D eigenvalue weighted by Gasteiger charge is 2.32. The SMILES string of the molecule is COC1CCN(C(C)C(=O)N2CCc3ccccc32)CC1. The molecule has 1 unspecified atom stereocenters. The molecule has 4 heteroatoms. The van der Waals surface area contributed by atoms with Crippen LogP contribution in [0.3, 0.4) is 0 Å². The third-order valence-corrected chi connectivity index (χ3v) is 4.87. The number of amides is 1. The summed E-state index contributed by atoms with van der Waals surface area (Å²) in [6, 6.07) is 8.20. The summed E-state index contributed by atoms with van der Waals surface area (Å²) in [5.41, 5.74) is 2.39. The third-order valence-electron chi connectivity index (χ3n) is 4.87. The summed E-state index contributed by atoms with van der Waals surface area (Å²) in [5.74, 6) is 0.232. The van der Waals surface area contributed by atoms with Crippen LogP contribution in [-0.4, -0.2) is 49.7 Å². The number of methoxy groups -OCH3 is 1. The molecule has 0 saturated carbocycles. The number of para-hydroxylation sites is 1. The summed E-state index contributed by atoms with van der Waals surface area (Å²) in [6.07, 6.45) is 3.37. The van der Waals surface area contributed by atoms with E-state index in [0.717, 1.165) is 44.6 Å². The zero-order chi connectivity index (χ0) is 14.8. The lowest BCUT2D eigenvalue weighted by Gasteiger charge is -2.36. The van der Waals surface area contributed by atoms with Crippen LogP contribution in [0.25, 0.3) is 0 Å². The predicted octanol–water partition coefficient (Wildman–Crippen LogP) is 2.07. The number of anilines is 1. The monoisotopic (exact) mass is 288 g/mol. The van der Waals surface area contributed by atoms with Crippen LogP contribution in [0.2, 0.25) is 0 Å². The molecular weight excluding hydrogens is 264 g/mol. The lowest BCUT2D eigenvalue weighted by Crippen LogP contribution is -2.50. The van der Waals surface area contributed by atoms with Crippen molar-refractivity contribution >= 4 is 11.6 Å². The van der Waals surface area contributed by atoms with Crippen LogP contribution in [0, 0.1) is 0 Å². The molecule has 114 valence electrons. The highest BCUT2D eigenvalue weighted by Crippen LogP contribution is 2.29. The van der Waals surface area contributed by atoms with Gasteiger partial charge in [0.2, 0.25) is 5.91 Å². The minimum Gasteiger partial charge on any atom is -0.381 e. The molecule has 0 aliphatic carbocycles. The second kappa shape index (κ2) is 6.16. The van der Waals surface area contributed by atoms with Crippen LogP contribution in [0.1, 0.15) is 25.3 Å². The van der Waals surface area contributed by atoms with Crippen LogP contribution >= 0.6 is 0 Å². The zero-order valence-electron chi connectivity index (χ0n) is 12.9. The number of piperidine rings is 1. The molecule has 3 rings (SSSR count). The van der Waals surface area contributed by atoms with Gasteiger partial charge < -0.3 is 9.64 Å². The van der Waals surface area contributed by atoms with Crippen molar-refractivity contribution in [1.29, 1.82) is 0 Å². The summed E-state index contributed by atoms with van der Waals surface area (Å²) in [4.78, 5) is 17.1. The van der Waals surface area contributed by atoms with Gasteiger partial charge in [-0.05, 0) is 37.8 Å². The first-order chi connectivity index (χ1) is 10.2. The predicted molar refractivity (Wildman–Crippen MR) is 83.6 cm³/mol. The fourth-order valence-corrected chi connectivity index (χ4v) is 3.45.